The summed E-state index contributed by atoms with van der Waals surface area (Å²) in [7, 11) is -1.79. The summed E-state index contributed by atoms with van der Waals surface area (Å²) in [5, 5.41) is 6.02. The molecule has 0 radical (unpaired) electrons. The molecule has 0 bridgehead atoms. The van der Waals surface area contributed by atoms with E-state index in [9.17, 15) is 18.0 Å². The standard InChI is InChI=1S/C12H13BrN4O4S/c1-16-10(14)9(11(18)17(2)12(16)19)22(20,21)15-8-5-3-7(13)4-6-8/h3-6,9,14-15H,1-2H3. The zero-order valence-electron chi connectivity index (χ0n) is 11.7. The van der Waals surface area contributed by atoms with Crippen LogP contribution in [-0.2, 0) is 14.8 Å². The number of nitrogens with zero attached hydrogens (tertiary/aromatic N) is 2. The first kappa shape index (κ1) is 16.4. The van der Waals surface area contributed by atoms with Crippen molar-refractivity contribution in [3.8, 4) is 0 Å². The van der Waals surface area contributed by atoms with Gasteiger partial charge >= 0.3 is 6.03 Å². The fraction of sp³-hybridized carbons (Fsp3) is 0.250. The van der Waals surface area contributed by atoms with Crippen molar-refractivity contribution in [2.24, 2.45) is 0 Å². The Morgan fingerprint density at radius 2 is 1.68 bits per heavy atom. The number of amidine groups is 1. The van der Waals surface area contributed by atoms with E-state index in [2.05, 4.69) is 20.7 Å². The van der Waals surface area contributed by atoms with E-state index >= 15 is 0 Å². The highest BCUT2D eigenvalue weighted by atomic mass is 79.9. The summed E-state index contributed by atoms with van der Waals surface area (Å²) in [6.45, 7) is 0. The number of nitrogens with one attached hydrogen (secondary N) is 2. The van der Waals surface area contributed by atoms with Crippen LogP contribution in [0.5, 0.6) is 0 Å². The van der Waals surface area contributed by atoms with Gasteiger partial charge in [-0.05, 0) is 24.3 Å². The number of amides is 3. The van der Waals surface area contributed by atoms with Crippen LogP contribution in [0.15, 0.2) is 28.7 Å². The molecule has 0 aromatic heterocycles. The molecule has 1 aromatic rings. The first-order chi connectivity index (χ1) is 10.1. The summed E-state index contributed by atoms with van der Waals surface area (Å²) in [5.41, 5.74) is 0.256. The number of anilines is 1. The van der Waals surface area contributed by atoms with Crippen molar-refractivity contribution in [3.05, 3.63) is 28.7 Å². The van der Waals surface area contributed by atoms with Crippen LogP contribution < -0.4 is 4.72 Å². The number of carbonyl (C=O) groups excluding carboxylic acids is 2. The minimum Gasteiger partial charge on any atom is -0.286 e. The number of benzene rings is 1. The number of imide groups is 1. The molecule has 1 heterocycles. The van der Waals surface area contributed by atoms with E-state index in [4.69, 9.17) is 5.41 Å². The molecule has 0 spiro atoms. The number of rotatable bonds is 3. The van der Waals surface area contributed by atoms with E-state index in [1.807, 2.05) is 0 Å². The number of carbonyl (C=O) groups is 2. The first-order valence-corrected chi connectivity index (χ1v) is 8.40. The highest BCUT2D eigenvalue weighted by Crippen LogP contribution is 2.20. The van der Waals surface area contributed by atoms with Gasteiger partial charge in [0.05, 0.1) is 0 Å². The Labute approximate surface area is 135 Å². The highest BCUT2D eigenvalue weighted by Gasteiger charge is 2.47. The van der Waals surface area contributed by atoms with Crippen LogP contribution in [0, 0.1) is 5.41 Å². The average Bonchev–Trinajstić information content (AvgIpc) is 2.45. The summed E-state index contributed by atoms with van der Waals surface area (Å²) < 4.78 is 27.8. The molecule has 2 N–H and O–H groups in total. The smallest absolute Gasteiger partial charge is 0.286 e. The molecule has 2 rings (SSSR count). The summed E-state index contributed by atoms with van der Waals surface area (Å²) in [6.07, 6.45) is 0. The molecule has 0 saturated carbocycles. The second kappa shape index (κ2) is 5.69. The van der Waals surface area contributed by atoms with E-state index in [-0.39, 0.29) is 5.69 Å². The predicted octanol–water partition coefficient (Wildman–Crippen LogP) is 1.06. The van der Waals surface area contributed by atoms with Crippen molar-refractivity contribution in [3.63, 3.8) is 0 Å². The van der Waals surface area contributed by atoms with E-state index < -0.39 is 33.0 Å². The summed E-state index contributed by atoms with van der Waals surface area (Å²) in [6, 6.07) is 5.54. The van der Waals surface area contributed by atoms with Crippen molar-refractivity contribution in [1.29, 1.82) is 5.41 Å². The molecule has 1 aromatic carbocycles. The lowest BCUT2D eigenvalue weighted by Crippen LogP contribution is -2.62. The average molecular weight is 389 g/mol. The second-order valence-electron chi connectivity index (χ2n) is 4.66. The minimum atomic E-state index is -4.21. The zero-order chi connectivity index (χ0) is 16.7. The lowest BCUT2D eigenvalue weighted by atomic mass is 10.2. The molecule has 1 unspecified atom stereocenters. The van der Waals surface area contributed by atoms with Gasteiger partial charge in [-0.3, -0.25) is 24.7 Å². The van der Waals surface area contributed by atoms with E-state index in [1.54, 1.807) is 12.1 Å². The molecule has 1 atom stereocenters. The van der Waals surface area contributed by atoms with Gasteiger partial charge in [0, 0.05) is 24.3 Å². The van der Waals surface area contributed by atoms with Gasteiger partial charge in [-0.2, -0.15) is 0 Å². The number of hydrogen-bond donors (Lipinski definition) is 2. The molecule has 3 amide bonds. The molecule has 0 aliphatic carbocycles. The highest BCUT2D eigenvalue weighted by molar-refractivity contribution is 9.10. The van der Waals surface area contributed by atoms with E-state index in [0.29, 0.717) is 4.90 Å². The normalized spacial score (nSPS) is 19.6. The van der Waals surface area contributed by atoms with Crippen molar-refractivity contribution in [2.45, 2.75) is 5.25 Å². The van der Waals surface area contributed by atoms with Gasteiger partial charge in [-0.25, -0.2) is 13.2 Å². The van der Waals surface area contributed by atoms with Gasteiger partial charge in [-0.1, -0.05) is 15.9 Å². The van der Waals surface area contributed by atoms with Crippen molar-refractivity contribution in [2.75, 3.05) is 18.8 Å². The minimum absolute atomic E-state index is 0.256. The number of sulfonamides is 1. The zero-order valence-corrected chi connectivity index (χ0v) is 14.1. The Balaban J connectivity index is 2.35. The predicted molar refractivity (Wildman–Crippen MR) is 84.1 cm³/mol. The Morgan fingerprint density at radius 1 is 1.14 bits per heavy atom. The monoisotopic (exact) mass is 388 g/mol. The fourth-order valence-corrected chi connectivity index (χ4v) is 3.63. The van der Waals surface area contributed by atoms with Crippen LogP contribution in [0.2, 0.25) is 0 Å². The van der Waals surface area contributed by atoms with Crippen LogP contribution in [-0.4, -0.2) is 55.3 Å². The van der Waals surface area contributed by atoms with E-state index in [0.717, 1.165) is 9.37 Å². The molecule has 1 aliphatic rings. The number of hydrogen-bond acceptors (Lipinski definition) is 5. The summed E-state index contributed by atoms with van der Waals surface area (Å²) in [4.78, 5) is 25.3. The molecular weight excluding hydrogens is 376 g/mol. The molecular formula is C12H13BrN4O4S. The molecule has 1 saturated heterocycles. The largest absolute Gasteiger partial charge is 0.331 e. The lowest BCUT2D eigenvalue weighted by Gasteiger charge is -2.34. The maximum absolute atomic E-state index is 12.4. The van der Waals surface area contributed by atoms with Crippen molar-refractivity contribution < 1.29 is 18.0 Å². The first-order valence-electron chi connectivity index (χ1n) is 6.06. The quantitative estimate of drug-likeness (QED) is 0.805. The molecule has 22 heavy (non-hydrogen) atoms. The number of urea groups is 1. The Kier molecular flexibility index (Phi) is 4.25. The van der Waals surface area contributed by atoms with Gasteiger partial charge in [0.2, 0.25) is 5.25 Å². The summed E-state index contributed by atoms with van der Waals surface area (Å²) >= 11 is 3.23. The summed E-state index contributed by atoms with van der Waals surface area (Å²) in [5.74, 6) is -1.55. The van der Waals surface area contributed by atoms with Gasteiger partial charge in [0.25, 0.3) is 15.9 Å². The lowest BCUT2D eigenvalue weighted by molar-refractivity contribution is -0.126. The fourth-order valence-electron chi connectivity index (χ4n) is 1.91. The molecule has 10 heteroatoms. The van der Waals surface area contributed by atoms with Crippen LogP contribution in [0.3, 0.4) is 0 Å². The van der Waals surface area contributed by atoms with E-state index in [1.165, 1.54) is 26.2 Å². The Bertz CT molecular complexity index is 723. The number of halogens is 1. The van der Waals surface area contributed by atoms with Crippen LogP contribution in [0.1, 0.15) is 0 Å². The third-order valence-electron chi connectivity index (χ3n) is 3.15. The molecule has 1 fully saturated rings. The Hall–Kier alpha value is -1.94. The third-order valence-corrected chi connectivity index (χ3v) is 5.25. The topological polar surface area (TPSA) is 111 Å². The van der Waals surface area contributed by atoms with Crippen molar-refractivity contribution in [1.82, 2.24) is 9.80 Å². The van der Waals surface area contributed by atoms with Gasteiger partial charge in [0.1, 0.15) is 5.84 Å². The molecule has 1 aliphatic heterocycles. The second-order valence-corrected chi connectivity index (χ2v) is 7.34. The third kappa shape index (κ3) is 2.83. The van der Waals surface area contributed by atoms with Crippen LogP contribution in [0.4, 0.5) is 10.5 Å². The molecule has 118 valence electrons. The maximum atomic E-state index is 12.4. The molecule has 8 nitrogen and oxygen atoms in total. The maximum Gasteiger partial charge on any atom is 0.331 e. The SMILES string of the molecule is CN1C(=N)C(S(=O)(=O)Nc2ccc(Br)cc2)C(=O)N(C)C1=O. The Morgan fingerprint density at radius 3 is 2.23 bits per heavy atom. The van der Waals surface area contributed by atoms with Gasteiger partial charge in [0.15, 0.2) is 0 Å². The van der Waals surface area contributed by atoms with Gasteiger partial charge < -0.3 is 0 Å². The van der Waals surface area contributed by atoms with Crippen LogP contribution in [0.25, 0.3) is 0 Å². The van der Waals surface area contributed by atoms with Gasteiger partial charge in [-0.15, -0.1) is 0 Å². The van der Waals surface area contributed by atoms with Crippen LogP contribution >= 0.6 is 15.9 Å². The van der Waals surface area contributed by atoms with Crippen molar-refractivity contribution >= 4 is 49.4 Å².